The van der Waals surface area contributed by atoms with Crippen LogP contribution >= 0.6 is 0 Å². The maximum Gasteiger partial charge on any atom is 0.321 e. The molecule has 0 saturated heterocycles. The largest absolute Gasteiger partial charge is 0.497 e. The van der Waals surface area contributed by atoms with Gasteiger partial charge in [0.2, 0.25) is 10.0 Å². The van der Waals surface area contributed by atoms with Crippen LogP contribution in [0.15, 0.2) is 24.3 Å². The van der Waals surface area contributed by atoms with Gasteiger partial charge in [-0.1, -0.05) is 12.1 Å². The Labute approximate surface area is 112 Å². The number of aryl methyl sites for hydroxylation is 1. The van der Waals surface area contributed by atoms with Crippen LogP contribution in [0.4, 0.5) is 0 Å². The molecule has 0 radical (unpaired) electrons. The minimum atomic E-state index is -3.60. The van der Waals surface area contributed by atoms with E-state index in [9.17, 15) is 13.2 Å². The summed E-state index contributed by atoms with van der Waals surface area (Å²) in [7, 11) is -2.05. The van der Waals surface area contributed by atoms with Gasteiger partial charge in [0.1, 0.15) is 11.8 Å². The van der Waals surface area contributed by atoms with Gasteiger partial charge in [0.15, 0.2) is 0 Å². The number of sulfonamides is 1. The number of aliphatic carboxylic acids is 1. The summed E-state index contributed by atoms with van der Waals surface area (Å²) < 4.78 is 30.4. The molecular weight excluding hydrogens is 270 g/mol. The molecule has 0 saturated carbocycles. The van der Waals surface area contributed by atoms with Gasteiger partial charge in [-0.2, -0.15) is 0 Å². The smallest absolute Gasteiger partial charge is 0.321 e. The second kappa shape index (κ2) is 6.53. The van der Waals surface area contributed by atoms with Gasteiger partial charge >= 0.3 is 5.97 Å². The minimum Gasteiger partial charge on any atom is -0.497 e. The van der Waals surface area contributed by atoms with E-state index >= 15 is 0 Å². The van der Waals surface area contributed by atoms with E-state index in [1.54, 1.807) is 31.4 Å². The number of carbonyl (C=O) groups is 1. The summed E-state index contributed by atoms with van der Waals surface area (Å²) in [5.74, 6) is -0.658. The van der Waals surface area contributed by atoms with Crippen molar-refractivity contribution in [3.63, 3.8) is 0 Å². The molecule has 0 bridgehead atoms. The predicted octanol–water partition coefficient (Wildman–Crippen LogP) is 0.630. The summed E-state index contributed by atoms with van der Waals surface area (Å²) in [5, 5.41) is 8.65. The molecule has 0 fully saturated rings. The molecule has 6 nitrogen and oxygen atoms in total. The number of carboxylic acid groups (broad SMARTS) is 1. The molecule has 1 rings (SSSR count). The van der Waals surface area contributed by atoms with Crippen molar-refractivity contribution in [1.29, 1.82) is 0 Å². The average Bonchev–Trinajstić information content (AvgIpc) is 2.36. The number of hydrogen-bond acceptors (Lipinski definition) is 4. The van der Waals surface area contributed by atoms with Gasteiger partial charge in [0.05, 0.1) is 12.9 Å². The normalized spacial score (nSPS) is 12.9. The second-order valence-corrected chi connectivity index (χ2v) is 5.97. The highest BCUT2D eigenvalue weighted by Gasteiger charge is 2.19. The van der Waals surface area contributed by atoms with Crippen molar-refractivity contribution in [1.82, 2.24) is 4.72 Å². The first-order chi connectivity index (χ1) is 8.84. The van der Waals surface area contributed by atoms with Crippen LogP contribution in [0, 0.1) is 0 Å². The van der Waals surface area contributed by atoms with Gasteiger partial charge in [-0.3, -0.25) is 4.79 Å². The highest BCUT2D eigenvalue weighted by atomic mass is 32.2. The molecule has 1 aromatic carbocycles. The van der Waals surface area contributed by atoms with E-state index in [1.165, 1.54) is 6.92 Å². The Morgan fingerprint density at radius 1 is 1.37 bits per heavy atom. The van der Waals surface area contributed by atoms with E-state index in [2.05, 4.69) is 4.72 Å². The minimum absolute atomic E-state index is 0.156. The number of ether oxygens (including phenoxy) is 1. The lowest BCUT2D eigenvalue weighted by Gasteiger charge is -2.10. The highest BCUT2D eigenvalue weighted by Crippen LogP contribution is 2.12. The molecule has 0 aliphatic carbocycles. The van der Waals surface area contributed by atoms with Crippen LogP contribution in [-0.4, -0.2) is 38.4 Å². The number of rotatable bonds is 7. The average molecular weight is 287 g/mol. The molecule has 0 spiro atoms. The van der Waals surface area contributed by atoms with Gasteiger partial charge in [-0.25, -0.2) is 13.1 Å². The zero-order valence-corrected chi connectivity index (χ0v) is 11.6. The topological polar surface area (TPSA) is 92.7 Å². The van der Waals surface area contributed by atoms with Gasteiger partial charge in [0, 0.05) is 0 Å². The lowest BCUT2D eigenvalue weighted by Crippen LogP contribution is -2.39. The Morgan fingerprint density at radius 3 is 2.42 bits per heavy atom. The summed E-state index contributed by atoms with van der Waals surface area (Å²) in [6.45, 7) is 1.28. The molecule has 1 aromatic rings. The zero-order chi connectivity index (χ0) is 14.5. The van der Waals surface area contributed by atoms with Crippen molar-refractivity contribution >= 4 is 16.0 Å². The van der Waals surface area contributed by atoms with E-state index in [0.29, 0.717) is 12.2 Å². The van der Waals surface area contributed by atoms with E-state index in [4.69, 9.17) is 9.84 Å². The first-order valence-corrected chi connectivity index (χ1v) is 7.35. The van der Waals surface area contributed by atoms with Gasteiger partial charge in [-0.05, 0) is 31.0 Å². The zero-order valence-electron chi connectivity index (χ0n) is 10.8. The maximum absolute atomic E-state index is 11.6. The summed E-state index contributed by atoms with van der Waals surface area (Å²) in [6, 6.07) is 5.91. The Kier molecular flexibility index (Phi) is 5.31. The summed E-state index contributed by atoms with van der Waals surface area (Å²) in [5.41, 5.74) is 0.842. The first kappa shape index (κ1) is 15.5. The Morgan fingerprint density at radius 2 is 1.95 bits per heavy atom. The quantitative estimate of drug-likeness (QED) is 0.767. The predicted molar refractivity (Wildman–Crippen MR) is 70.7 cm³/mol. The molecule has 2 N–H and O–H groups in total. The maximum atomic E-state index is 11.6. The molecule has 0 aromatic heterocycles. The summed E-state index contributed by atoms with van der Waals surface area (Å²) in [6.07, 6.45) is 0.311. The molecule has 106 valence electrons. The monoisotopic (exact) mass is 287 g/mol. The van der Waals surface area contributed by atoms with E-state index in [0.717, 1.165) is 5.56 Å². The summed E-state index contributed by atoms with van der Waals surface area (Å²) >= 11 is 0. The SMILES string of the molecule is COc1ccc(CCS(=O)(=O)N[C@@H](C)C(=O)O)cc1. The Hall–Kier alpha value is -1.60. The van der Waals surface area contributed by atoms with Crippen LogP contribution in [-0.2, 0) is 21.2 Å². The third kappa shape index (κ3) is 5.27. The molecule has 1 atom stereocenters. The van der Waals surface area contributed by atoms with Crippen molar-refractivity contribution in [3.8, 4) is 5.75 Å². The van der Waals surface area contributed by atoms with Crippen molar-refractivity contribution < 1.29 is 23.1 Å². The van der Waals surface area contributed by atoms with Gasteiger partial charge < -0.3 is 9.84 Å². The second-order valence-electron chi connectivity index (χ2n) is 4.09. The fourth-order valence-electron chi connectivity index (χ4n) is 1.42. The molecule has 7 heteroatoms. The van der Waals surface area contributed by atoms with Crippen molar-refractivity contribution in [2.24, 2.45) is 0 Å². The van der Waals surface area contributed by atoms with Crippen LogP contribution in [0.3, 0.4) is 0 Å². The number of carboxylic acids is 1. The molecule has 19 heavy (non-hydrogen) atoms. The van der Waals surface area contributed by atoms with E-state index in [-0.39, 0.29) is 5.75 Å². The van der Waals surface area contributed by atoms with Gasteiger partial charge in [0.25, 0.3) is 0 Å². The number of hydrogen-bond donors (Lipinski definition) is 2. The molecule has 0 heterocycles. The van der Waals surface area contributed by atoms with E-state index in [1.807, 2.05) is 0 Å². The third-order valence-corrected chi connectivity index (χ3v) is 4.00. The van der Waals surface area contributed by atoms with Crippen molar-refractivity contribution in [3.05, 3.63) is 29.8 Å². The van der Waals surface area contributed by atoms with Crippen molar-refractivity contribution in [2.75, 3.05) is 12.9 Å². The molecular formula is C12H17NO5S. The lowest BCUT2D eigenvalue weighted by atomic mass is 10.2. The number of benzene rings is 1. The van der Waals surface area contributed by atoms with E-state index < -0.39 is 22.0 Å². The Balaban J connectivity index is 2.57. The third-order valence-electron chi connectivity index (χ3n) is 2.55. The fourth-order valence-corrected chi connectivity index (χ4v) is 2.68. The summed E-state index contributed by atoms with van der Waals surface area (Å²) in [4.78, 5) is 10.6. The van der Waals surface area contributed by atoms with Crippen LogP contribution in [0.5, 0.6) is 5.75 Å². The fraction of sp³-hybridized carbons (Fsp3) is 0.417. The van der Waals surface area contributed by atoms with Crippen LogP contribution in [0.1, 0.15) is 12.5 Å². The lowest BCUT2D eigenvalue weighted by molar-refractivity contribution is -0.138. The molecule has 0 aliphatic heterocycles. The molecule has 0 amide bonds. The van der Waals surface area contributed by atoms with Crippen LogP contribution in [0.25, 0.3) is 0 Å². The molecule has 0 unspecified atom stereocenters. The highest BCUT2D eigenvalue weighted by molar-refractivity contribution is 7.89. The standard InChI is InChI=1S/C12H17NO5S/c1-9(12(14)15)13-19(16,17)8-7-10-3-5-11(18-2)6-4-10/h3-6,9,13H,7-8H2,1-2H3,(H,14,15)/t9-/m0/s1. The van der Waals surface area contributed by atoms with Crippen LogP contribution < -0.4 is 9.46 Å². The van der Waals surface area contributed by atoms with Crippen LogP contribution in [0.2, 0.25) is 0 Å². The van der Waals surface area contributed by atoms with Gasteiger partial charge in [-0.15, -0.1) is 0 Å². The number of nitrogens with one attached hydrogen (secondary N) is 1. The Bertz CT molecular complexity index is 524. The first-order valence-electron chi connectivity index (χ1n) is 5.70. The van der Waals surface area contributed by atoms with Crippen molar-refractivity contribution in [2.45, 2.75) is 19.4 Å². The number of methoxy groups -OCH3 is 1. The molecule has 0 aliphatic rings.